The van der Waals surface area contributed by atoms with Crippen molar-refractivity contribution in [3.63, 3.8) is 0 Å². The molecule has 0 unspecified atom stereocenters. The predicted octanol–water partition coefficient (Wildman–Crippen LogP) is 3.27. The van der Waals surface area contributed by atoms with Crippen LogP contribution in [0.3, 0.4) is 0 Å². The minimum Gasteiger partial charge on any atom is -0.289 e. The van der Waals surface area contributed by atoms with E-state index < -0.39 is 10.0 Å². The van der Waals surface area contributed by atoms with Gasteiger partial charge in [0.05, 0.1) is 10.6 Å². The number of sulfonamides is 1. The molecule has 0 aliphatic heterocycles. The molecule has 0 fully saturated rings. The standard InChI is InChI=1S/C16H10ClNO3S/c17-11-5-7-12(8-6-11)22(20,21)18-15-9-10-16(19)14-4-2-1-3-13(14)15/h1-10H. The highest BCUT2D eigenvalue weighted by Gasteiger charge is 2.20. The van der Waals surface area contributed by atoms with Crippen molar-refractivity contribution >= 4 is 33.1 Å². The second kappa shape index (κ2) is 5.51. The Bertz CT molecular complexity index is 913. The minimum atomic E-state index is -3.87. The molecule has 2 aromatic carbocycles. The van der Waals surface area contributed by atoms with Crippen LogP contribution < -0.4 is 0 Å². The summed E-state index contributed by atoms with van der Waals surface area (Å²) in [7, 11) is -3.87. The van der Waals surface area contributed by atoms with E-state index in [9.17, 15) is 13.2 Å². The molecule has 2 aromatic rings. The number of fused-ring (bicyclic) bond motifs is 1. The zero-order valence-corrected chi connectivity index (χ0v) is 12.8. The Kier molecular flexibility index (Phi) is 3.68. The smallest absolute Gasteiger partial charge is 0.282 e. The van der Waals surface area contributed by atoms with E-state index in [0.29, 0.717) is 16.1 Å². The molecule has 0 spiro atoms. The highest BCUT2D eigenvalue weighted by molar-refractivity contribution is 7.90. The largest absolute Gasteiger partial charge is 0.289 e. The van der Waals surface area contributed by atoms with Gasteiger partial charge in [-0.15, -0.1) is 0 Å². The number of hydrogen-bond donors (Lipinski definition) is 0. The molecule has 6 heteroatoms. The summed E-state index contributed by atoms with van der Waals surface area (Å²) in [4.78, 5) is 11.8. The van der Waals surface area contributed by atoms with E-state index in [2.05, 4.69) is 4.40 Å². The molecule has 0 atom stereocenters. The van der Waals surface area contributed by atoms with Gasteiger partial charge < -0.3 is 0 Å². The van der Waals surface area contributed by atoms with Crippen LogP contribution in [0.4, 0.5) is 0 Å². The quantitative estimate of drug-likeness (QED) is 0.848. The Labute approximate surface area is 132 Å². The van der Waals surface area contributed by atoms with Gasteiger partial charge in [0.15, 0.2) is 5.78 Å². The van der Waals surface area contributed by atoms with Gasteiger partial charge in [0.1, 0.15) is 0 Å². The Balaban J connectivity index is 2.10. The van der Waals surface area contributed by atoms with E-state index in [0.717, 1.165) is 0 Å². The maximum absolute atomic E-state index is 12.4. The van der Waals surface area contributed by atoms with Gasteiger partial charge in [0.25, 0.3) is 10.0 Å². The summed E-state index contributed by atoms with van der Waals surface area (Å²) in [5.74, 6) is -0.168. The number of benzene rings is 2. The van der Waals surface area contributed by atoms with Crippen molar-refractivity contribution in [3.8, 4) is 0 Å². The molecular formula is C16H10ClNO3S. The summed E-state index contributed by atoms with van der Waals surface area (Å²) in [6.07, 6.45) is 2.73. The van der Waals surface area contributed by atoms with Gasteiger partial charge in [-0.25, -0.2) is 0 Å². The molecule has 22 heavy (non-hydrogen) atoms. The van der Waals surface area contributed by atoms with Crippen molar-refractivity contribution in [3.05, 3.63) is 76.8 Å². The number of rotatable bonds is 2. The maximum Gasteiger partial charge on any atom is 0.282 e. The molecule has 0 radical (unpaired) electrons. The summed E-state index contributed by atoms with van der Waals surface area (Å²) >= 11 is 5.76. The van der Waals surface area contributed by atoms with Crippen LogP contribution in [0.1, 0.15) is 15.9 Å². The van der Waals surface area contributed by atoms with Crippen LogP contribution >= 0.6 is 11.6 Å². The predicted molar refractivity (Wildman–Crippen MR) is 85.1 cm³/mol. The molecule has 1 aliphatic rings. The number of hydrogen-bond acceptors (Lipinski definition) is 3. The van der Waals surface area contributed by atoms with Crippen molar-refractivity contribution in [2.45, 2.75) is 4.90 Å². The Morgan fingerprint density at radius 3 is 2.18 bits per heavy atom. The van der Waals surface area contributed by atoms with Crippen LogP contribution in [-0.2, 0) is 10.0 Å². The zero-order chi connectivity index (χ0) is 15.7. The first-order valence-corrected chi connectivity index (χ1v) is 8.21. The van der Waals surface area contributed by atoms with E-state index in [1.807, 2.05) is 0 Å². The number of nitrogens with zero attached hydrogens (tertiary/aromatic N) is 1. The molecular weight excluding hydrogens is 322 g/mol. The SMILES string of the molecule is O=C1C=CC(=NS(=O)(=O)c2ccc(Cl)cc2)c2ccccc21. The molecule has 3 rings (SSSR count). The fraction of sp³-hybridized carbons (Fsp3) is 0. The number of allylic oxidation sites excluding steroid dienone is 2. The number of carbonyl (C=O) groups is 1. The third kappa shape index (κ3) is 2.73. The Morgan fingerprint density at radius 1 is 0.864 bits per heavy atom. The summed E-state index contributed by atoms with van der Waals surface area (Å²) in [5.41, 5.74) is 1.19. The molecule has 0 bridgehead atoms. The van der Waals surface area contributed by atoms with Crippen molar-refractivity contribution < 1.29 is 13.2 Å². The average Bonchev–Trinajstić information content (AvgIpc) is 2.51. The lowest BCUT2D eigenvalue weighted by molar-refractivity contribution is 0.104. The van der Waals surface area contributed by atoms with Crippen molar-refractivity contribution in [1.29, 1.82) is 0 Å². The lowest BCUT2D eigenvalue weighted by Crippen LogP contribution is -2.14. The van der Waals surface area contributed by atoms with Gasteiger partial charge in [-0.2, -0.15) is 12.8 Å². The molecule has 0 saturated heterocycles. The van der Waals surface area contributed by atoms with Crippen LogP contribution in [0.2, 0.25) is 5.02 Å². The van der Waals surface area contributed by atoms with E-state index >= 15 is 0 Å². The van der Waals surface area contributed by atoms with E-state index in [1.165, 1.54) is 36.4 Å². The Hall–Kier alpha value is -2.24. The highest BCUT2D eigenvalue weighted by Crippen LogP contribution is 2.21. The molecule has 0 amide bonds. The number of carbonyl (C=O) groups excluding carboxylic acids is 1. The summed E-state index contributed by atoms with van der Waals surface area (Å²) in [6.45, 7) is 0. The average molecular weight is 332 g/mol. The maximum atomic E-state index is 12.4. The van der Waals surface area contributed by atoms with Gasteiger partial charge in [-0.1, -0.05) is 35.9 Å². The van der Waals surface area contributed by atoms with Crippen LogP contribution in [0.15, 0.2) is 70.0 Å². The molecule has 4 nitrogen and oxygen atoms in total. The van der Waals surface area contributed by atoms with Crippen LogP contribution in [-0.4, -0.2) is 19.9 Å². The lowest BCUT2D eigenvalue weighted by Gasteiger charge is -2.11. The fourth-order valence-electron chi connectivity index (χ4n) is 2.12. The number of ketones is 1. The lowest BCUT2D eigenvalue weighted by atomic mass is 9.95. The first-order valence-electron chi connectivity index (χ1n) is 6.40. The van der Waals surface area contributed by atoms with E-state index in [1.54, 1.807) is 24.3 Å². The minimum absolute atomic E-state index is 0.0483. The van der Waals surface area contributed by atoms with Crippen LogP contribution in [0.25, 0.3) is 0 Å². The molecule has 110 valence electrons. The Morgan fingerprint density at radius 2 is 1.50 bits per heavy atom. The number of halogens is 1. The third-order valence-electron chi connectivity index (χ3n) is 3.19. The topological polar surface area (TPSA) is 63.6 Å². The van der Waals surface area contributed by atoms with Gasteiger partial charge in [-0.3, -0.25) is 4.79 Å². The normalized spacial score (nSPS) is 15.9. The molecule has 0 saturated carbocycles. The molecule has 1 aliphatic carbocycles. The monoisotopic (exact) mass is 331 g/mol. The molecule has 0 heterocycles. The second-order valence-corrected chi connectivity index (χ2v) is 6.69. The first-order chi connectivity index (χ1) is 10.5. The van der Waals surface area contributed by atoms with E-state index in [4.69, 9.17) is 11.6 Å². The van der Waals surface area contributed by atoms with Crippen molar-refractivity contribution in [1.82, 2.24) is 0 Å². The van der Waals surface area contributed by atoms with Crippen LogP contribution in [0, 0.1) is 0 Å². The zero-order valence-electron chi connectivity index (χ0n) is 11.2. The molecule has 0 N–H and O–H groups in total. The van der Waals surface area contributed by atoms with Gasteiger partial charge in [-0.05, 0) is 36.4 Å². The van der Waals surface area contributed by atoms with Crippen molar-refractivity contribution in [2.24, 2.45) is 4.40 Å². The van der Waals surface area contributed by atoms with Gasteiger partial charge in [0, 0.05) is 16.1 Å². The van der Waals surface area contributed by atoms with Crippen molar-refractivity contribution in [2.75, 3.05) is 0 Å². The summed E-state index contributed by atoms with van der Waals surface area (Å²) in [6, 6.07) is 12.5. The second-order valence-electron chi connectivity index (χ2n) is 4.65. The summed E-state index contributed by atoms with van der Waals surface area (Å²) < 4.78 is 28.6. The first kappa shape index (κ1) is 14.7. The fourth-order valence-corrected chi connectivity index (χ4v) is 3.25. The van der Waals surface area contributed by atoms with Gasteiger partial charge in [0.2, 0.25) is 0 Å². The highest BCUT2D eigenvalue weighted by atomic mass is 35.5. The van der Waals surface area contributed by atoms with E-state index in [-0.39, 0.29) is 16.4 Å². The van der Waals surface area contributed by atoms with Crippen LogP contribution in [0.5, 0.6) is 0 Å². The molecule has 0 aromatic heterocycles. The summed E-state index contributed by atoms with van der Waals surface area (Å²) in [5, 5.41) is 0.445. The van der Waals surface area contributed by atoms with Gasteiger partial charge >= 0.3 is 0 Å². The third-order valence-corrected chi connectivity index (χ3v) is 4.75.